The van der Waals surface area contributed by atoms with Gasteiger partial charge < -0.3 is 36.4 Å². The fourth-order valence-electron chi connectivity index (χ4n) is 4.98. The molecule has 2 fully saturated rings. The van der Waals surface area contributed by atoms with E-state index in [1.165, 1.54) is 16.2 Å². The molecule has 12 nitrogen and oxygen atoms in total. The molecule has 2 aliphatic rings. The van der Waals surface area contributed by atoms with Crippen LogP contribution in [0.5, 0.6) is 5.75 Å². The summed E-state index contributed by atoms with van der Waals surface area (Å²) in [4.78, 5) is 58.3. The van der Waals surface area contributed by atoms with Gasteiger partial charge in [-0.3, -0.25) is 19.2 Å². The van der Waals surface area contributed by atoms with E-state index >= 15 is 0 Å². The summed E-state index contributed by atoms with van der Waals surface area (Å²) < 4.78 is 20.3. The minimum Gasteiger partial charge on any atom is -0.483 e. The number of halogens is 1. The van der Waals surface area contributed by atoms with Gasteiger partial charge in [0.1, 0.15) is 17.8 Å². The molecule has 2 heterocycles. The van der Waals surface area contributed by atoms with Gasteiger partial charge in [0.05, 0.1) is 22.2 Å². The van der Waals surface area contributed by atoms with Crippen molar-refractivity contribution in [3.8, 4) is 16.2 Å². The molecule has 1 aliphatic carbocycles. The number of benzene rings is 1. The van der Waals surface area contributed by atoms with E-state index in [0.29, 0.717) is 17.9 Å². The average Bonchev–Trinajstić information content (AvgIpc) is 3.38. The quantitative estimate of drug-likeness (QED) is 0.232. The van der Waals surface area contributed by atoms with Gasteiger partial charge in [-0.2, -0.15) is 0 Å². The molecule has 1 saturated heterocycles. The number of alkyl halides is 1. The van der Waals surface area contributed by atoms with Crippen LogP contribution in [0.2, 0.25) is 0 Å². The van der Waals surface area contributed by atoms with Crippen LogP contribution in [-0.4, -0.2) is 88.7 Å². The molecule has 4 amide bonds. The predicted molar refractivity (Wildman–Crippen MR) is 162 cm³/mol. The normalized spacial score (nSPS) is 19.7. The van der Waals surface area contributed by atoms with Crippen molar-refractivity contribution < 1.29 is 33.4 Å². The lowest BCUT2D eigenvalue weighted by Crippen LogP contribution is -2.59. The molecule has 240 valence electrons. The molecule has 0 spiro atoms. The van der Waals surface area contributed by atoms with E-state index in [1.807, 2.05) is 13.0 Å². The maximum Gasteiger partial charge on any atom is 0.258 e. The summed E-state index contributed by atoms with van der Waals surface area (Å²) >= 11 is 1.47. The Kier molecular flexibility index (Phi) is 10.3. The summed E-state index contributed by atoms with van der Waals surface area (Å²) in [5.41, 5.74) is 6.71. The van der Waals surface area contributed by atoms with Crippen molar-refractivity contribution in [2.45, 2.75) is 77.4 Å². The molecular weight excluding hydrogens is 591 g/mol. The zero-order valence-corrected chi connectivity index (χ0v) is 26.3. The molecule has 6 N–H and O–H groups in total. The van der Waals surface area contributed by atoms with E-state index in [-0.39, 0.29) is 51.4 Å². The highest BCUT2D eigenvalue weighted by atomic mass is 32.1. The number of hydrogen-bond acceptors (Lipinski definition) is 9. The minimum atomic E-state index is -1.97. The third-order valence-electron chi connectivity index (χ3n) is 7.70. The van der Waals surface area contributed by atoms with Crippen LogP contribution >= 0.6 is 11.3 Å². The number of thiazole rings is 1. The van der Waals surface area contributed by atoms with Crippen molar-refractivity contribution in [1.29, 1.82) is 0 Å². The monoisotopic (exact) mass is 632 g/mol. The fraction of sp³-hybridized carbons (Fsp3) is 0.567. The number of nitrogens with zero attached hydrogens (tertiary/aromatic N) is 2. The Labute approximate surface area is 259 Å². The Morgan fingerprint density at radius 2 is 1.98 bits per heavy atom. The average molecular weight is 633 g/mol. The second kappa shape index (κ2) is 13.6. The van der Waals surface area contributed by atoms with Gasteiger partial charge in [0, 0.05) is 38.2 Å². The molecule has 3 atom stereocenters. The number of rotatable bonds is 12. The largest absolute Gasteiger partial charge is 0.483 e. The summed E-state index contributed by atoms with van der Waals surface area (Å²) in [5, 5.41) is 18.5. The topological polar surface area (TPSA) is 176 Å². The number of ether oxygens (including phenoxy) is 1. The predicted octanol–water partition coefficient (Wildman–Crippen LogP) is 1.18. The summed E-state index contributed by atoms with van der Waals surface area (Å²) in [7, 11) is 0. The number of carbonyl (C=O) groups excluding carboxylic acids is 4. The number of hydrogen-bond donors (Lipinski definition) is 5. The van der Waals surface area contributed by atoms with Gasteiger partial charge in [-0.1, -0.05) is 32.9 Å². The molecule has 2 aromatic rings. The van der Waals surface area contributed by atoms with Gasteiger partial charge in [-0.05, 0) is 36.8 Å². The Morgan fingerprint density at radius 3 is 2.59 bits per heavy atom. The third kappa shape index (κ3) is 7.90. The van der Waals surface area contributed by atoms with E-state index in [2.05, 4.69) is 20.9 Å². The molecule has 44 heavy (non-hydrogen) atoms. The van der Waals surface area contributed by atoms with Crippen molar-refractivity contribution in [3.05, 3.63) is 35.0 Å². The van der Waals surface area contributed by atoms with Crippen LogP contribution in [0.4, 0.5) is 4.39 Å². The Hall–Kier alpha value is -3.62. The number of β-amino-alcohol motifs (C(OH)–C–C–N with tert-alkyl or cyclic N) is 1. The zero-order valence-electron chi connectivity index (χ0n) is 25.4. The fourth-order valence-corrected chi connectivity index (χ4v) is 5.78. The maximum absolute atomic E-state index is 14.4. The molecule has 0 bridgehead atoms. The van der Waals surface area contributed by atoms with Crippen LogP contribution in [-0.2, 0) is 25.7 Å². The highest BCUT2D eigenvalue weighted by Gasteiger charge is 2.53. The number of nitrogens with one attached hydrogen (secondary N) is 3. The number of aromatic nitrogens is 1. The zero-order chi connectivity index (χ0) is 32.2. The van der Waals surface area contributed by atoms with Crippen LogP contribution in [0.25, 0.3) is 10.4 Å². The lowest BCUT2D eigenvalue weighted by atomic mass is 9.85. The van der Waals surface area contributed by atoms with Crippen molar-refractivity contribution in [1.82, 2.24) is 25.8 Å². The van der Waals surface area contributed by atoms with Gasteiger partial charge in [0.25, 0.3) is 11.8 Å². The number of aliphatic hydroxyl groups excluding tert-OH is 1. The molecule has 1 aromatic carbocycles. The highest BCUT2D eigenvalue weighted by molar-refractivity contribution is 7.13. The number of nitrogens with two attached hydrogens (primary N) is 1. The molecule has 1 aliphatic heterocycles. The van der Waals surface area contributed by atoms with E-state index in [0.717, 1.165) is 16.1 Å². The number of likely N-dealkylation sites (tertiary alicyclic amines) is 1. The molecule has 1 unspecified atom stereocenters. The van der Waals surface area contributed by atoms with Crippen LogP contribution in [0.15, 0.2) is 23.7 Å². The third-order valence-corrected chi connectivity index (χ3v) is 8.68. The van der Waals surface area contributed by atoms with E-state index in [9.17, 15) is 28.7 Å². The van der Waals surface area contributed by atoms with E-state index < -0.39 is 47.0 Å². The summed E-state index contributed by atoms with van der Waals surface area (Å²) in [6.07, 6.45) is -0.739. The lowest BCUT2D eigenvalue weighted by Gasteiger charge is -2.35. The SMILES string of the molecule is Cc1ncsc1-c1ccc(CNC(=O)[C@@H]2C[C@@H](O)CN2C(=O)C(NC(=O)C2(F)CC2)C(C)(C)C)c(OCC(=O)NCCN)c1. The Morgan fingerprint density at radius 1 is 1.25 bits per heavy atom. The number of carbonyl (C=O) groups is 4. The van der Waals surface area contributed by atoms with Gasteiger partial charge in [0.15, 0.2) is 12.3 Å². The number of amides is 4. The molecule has 4 rings (SSSR count). The Balaban J connectivity index is 1.49. The second-order valence-corrected chi connectivity index (χ2v) is 13.2. The summed E-state index contributed by atoms with van der Waals surface area (Å²) in [6.45, 7) is 7.36. The highest BCUT2D eigenvalue weighted by Crippen LogP contribution is 2.40. The first-order valence-electron chi connectivity index (χ1n) is 14.6. The van der Waals surface area contributed by atoms with Crippen molar-refractivity contribution in [2.75, 3.05) is 26.2 Å². The summed E-state index contributed by atoms with van der Waals surface area (Å²) in [6, 6.07) is 3.32. The first-order chi connectivity index (χ1) is 20.7. The Bertz CT molecular complexity index is 1390. The van der Waals surface area contributed by atoms with Crippen LogP contribution in [0, 0.1) is 12.3 Å². The first-order valence-corrected chi connectivity index (χ1v) is 15.5. The van der Waals surface area contributed by atoms with E-state index in [1.54, 1.807) is 38.4 Å². The van der Waals surface area contributed by atoms with Gasteiger partial charge in [-0.25, -0.2) is 9.37 Å². The van der Waals surface area contributed by atoms with Gasteiger partial charge in [-0.15, -0.1) is 11.3 Å². The maximum atomic E-state index is 14.4. The van der Waals surface area contributed by atoms with Gasteiger partial charge in [0.2, 0.25) is 11.8 Å². The standard InChI is InChI=1S/C30H41FN6O6S/c1-17-24(44-16-35-17)18-5-6-19(22(11-18)43-15-23(39)33-10-9-32)13-34-26(40)21-12-20(38)14-37(21)27(41)25(29(2,3)4)36-28(42)30(31)7-8-30/h5-6,11,16,20-21,25,38H,7-10,12-15,32H2,1-4H3,(H,33,39)(H,34,40)(H,36,42)/t20-,21+,25?/m1/s1. The van der Waals surface area contributed by atoms with Crippen LogP contribution in [0.1, 0.15) is 51.3 Å². The molecular formula is C30H41FN6O6S. The van der Waals surface area contributed by atoms with Crippen LogP contribution in [0.3, 0.4) is 0 Å². The van der Waals surface area contributed by atoms with Gasteiger partial charge >= 0.3 is 0 Å². The molecule has 0 radical (unpaired) electrons. The first kappa shape index (κ1) is 33.3. The minimum absolute atomic E-state index is 0.00367. The molecule has 1 saturated carbocycles. The van der Waals surface area contributed by atoms with Crippen LogP contribution < -0.4 is 26.4 Å². The number of aliphatic hydroxyl groups is 1. The smallest absolute Gasteiger partial charge is 0.258 e. The molecule has 1 aromatic heterocycles. The number of aryl methyl sites for hydroxylation is 1. The van der Waals surface area contributed by atoms with E-state index in [4.69, 9.17) is 10.5 Å². The van der Waals surface area contributed by atoms with Crippen molar-refractivity contribution in [3.63, 3.8) is 0 Å². The lowest BCUT2D eigenvalue weighted by molar-refractivity contribution is -0.145. The molecule has 14 heteroatoms. The second-order valence-electron chi connectivity index (χ2n) is 12.4. The van der Waals surface area contributed by atoms with Crippen molar-refractivity contribution in [2.24, 2.45) is 11.1 Å². The summed E-state index contributed by atoms with van der Waals surface area (Å²) in [5.74, 6) is -1.88. The van der Waals surface area contributed by atoms with Crippen molar-refractivity contribution >= 4 is 35.0 Å².